The third kappa shape index (κ3) is 2.09. The summed E-state index contributed by atoms with van der Waals surface area (Å²) < 4.78 is 13.5. The van der Waals surface area contributed by atoms with Gasteiger partial charge in [0, 0.05) is 18.5 Å². The molecule has 0 radical (unpaired) electrons. The molecule has 90 valence electrons. The number of hydrogen-bond acceptors (Lipinski definition) is 2. The second-order valence-corrected chi connectivity index (χ2v) is 4.62. The highest BCUT2D eigenvalue weighted by Crippen LogP contribution is 2.27. The Kier molecular flexibility index (Phi) is 3.01. The van der Waals surface area contributed by atoms with Gasteiger partial charge in [-0.05, 0) is 36.1 Å². The van der Waals surface area contributed by atoms with Crippen molar-refractivity contribution in [1.82, 2.24) is 4.98 Å². The van der Waals surface area contributed by atoms with Crippen LogP contribution in [-0.4, -0.2) is 12.0 Å². The number of benzene rings is 1. The molecule has 1 aromatic carbocycles. The van der Waals surface area contributed by atoms with Crippen molar-refractivity contribution >= 4 is 16.7 Å². The van der Waals surface area contributed by atoms with Crippen LogP contribution in [0.1, 0.15) is 30.9 Å². The van der Waals surface area contributed by atoms with E-state index in [2.05, 4.69) is 30.2 Å². The summed E-state index contributed by atoms with van der Waals surface area (Å²) in [5, 5.41) is 4.06. The van der Waals surface area contributed by atoms with E-state index in [0.29, 0.717) is 17.0 Å². The van der Waals surface area contributed by atoms with E-state index in [1.807, 2.05) is 13.1 Å². The molecule has 0 bridgehead atoms. The quantitative estimate of drug-likeness (QED) is 0.850. The fourth-order valence-corrected chi connectivity index (χ4v) is 1.97. The first-order valence-corrected chi connectivity index (χ1v) is 5.81. The number of anilines is 1. The van der Waals surface area contributed by atoms with Gasteiger partial charge in [-0.2, -0.15) is 0 Å². The zero-order valence-corrected chi connectivity index (χ0v) is 10.6. The van der Waals surface area contributed by atoms with Crippen molar-refractivity contribution in [3.05, 3.63) is 35.1 Å². The van der Waals surface area contributed by atoms with Crippen LogP contribution in [0.15, 0.2) is 18.2 Å². The molecule has 2 rings (SSSR count). The van der Waals surface area contributed by atoms with Gasteiger partial charge in [0.15, 0.2) is 0 Å². The highest BCUT2D eigenvalue weighted by Gasteiger charge is 2.10. The van der Waals surface area contributed by atoms with E-state index in [1.165, 1.54) is 6.07 Å². The Morgan fingerprint density at radius 3 is 2.53 bits per heavy atom. The van der Waals surface area contributed by atoms with Crippen molar-refractivity contribution in [2.75, 3.05) is 12.4 Å². The lowest BCUT2D eigenvalue weighted by atomic mass is 10.0. The van der Waals surface area contributed by atoms with Crippen LogP contribution in [0.5, 0.6) is 0 Å². The first-order valence-electron chi connectivity index (χ1n) is 5.81. The minimum absolute atomic E-state index is 0.204. The van der Waals surface area contributed by atoms with E-state index in [4.69, 9.17) is 0 Å². The maximum Gasteiger partial charge on any atom is 0.129 e. The molecular weight excluding hydrogens is 215 g/mol. The number of pyridine rings is 1. The first kappa shape index (κ1) is 11.8. The molecule has 2 aromatic rings. The van der Waals surface area contributed by atoms with Gasteiger partial charge in [0.25, 0.3) is 0 Å². The van der Waals surface area contributed by atoms with Crippen LogP contribution in [0.3, 0.4) is 0 Å². The molecule has 0 spiro atoms. The van der Waals surface area contributed by atoms with Crippen LogP contribution in [0.2, 0.25) is 0 Å². The average Bonchev–Trinajstić information content (AvgIpc) is 2.29. The second kappa shape index (κ2) is 4.32. The van der Waals surface area contributed by atoms with Crippen LogP contribution in [0.25, 0.3) is 10.9 Å². The summed E-state index contributed by atoms with van der Waals surface area (Å²) in [6, 6.07) is 5.43. The van der Waals surface area contributed by atoms with E-state index in [-0.39, 0.29) is 5.82 Å². The van der Waals surface area contributed by atoms with Gasteiger partial charge in [0.2, 0.25) is 0 Å². The molecule has 1 heterocycles. The summed E-state index contributed by atoms with van der Waals surface area (Å²) in [7, 11) is 1.84. The molecule has 17 heavy (non-hydrogen) atoms. The zero-order valence-electron chi connectivity index (χ0n) is 10.6. The molecule has 0 amide bonds. The van der Waals surface area contributed by atoms with Crippen molar-refractivity contribution < 1.29 is 4.39 Å². The lowest BCUT2D eigenvalue weighted by Gasteiger charge is -2.13. The number of aromatic nitrogens is 1. The Labute approximate surface area is 101 Å². The molecule has 1 aromatic heterocycles. The summed E-state index contributed by atoms with van der Waals surface area (Å²) in [5.41, 5.74) is 2.51. The summed E-state index contributed by atoms with van der Waals surface area (Å²) >= 11 is 0. The number of nitrogens with zero attached hydrogens (tertiary/aromatic N) is 1. The van der Waals surface area contributed by atoms with Gasteiger partial charge in [0.05, 0.1) is 5.52 Å². The fraction of sp³-hybridized carbons (Fsp3) is 0.357. The van der Waals surface area contributed by atoms with Crippen molar-refractivity contribution in [1.29, 1.82) is 0 Å². The van der Waals surface area contributed by atoms with Gasteiger partial charge in [-0.15, -0.1) is 0 Å². The van der Waals surface area contributed by atoms with E-state index in [0.717, 1.165) is 16.8 Å². The van der Waals surface area contributed by atoms with Crippen LogP contribution in [0.4, 0.5) is 10.2 Å². The predicted molar refractivity (Wildman–Crippen MR) is 70.1 cm³/mol. The monoisotopic (exact) mass is 232 g/mol. The van der Waals surface area contributed by atoms with Crippen molar-refractivity contribution in [3.8, 4) is 0 Å². The highest BCUT2D eigenvalue weighted by atomic mass is 19.1. The summed E-state index contributed by atoms with van der Waals surface area (Å²) in [5.74, 6) is 1.01. The Balaban J connectivity index is 2.74. The van der Waals surface area contributed by atoms with Crippen LogP contribution < -0.4 is 5.32 Å². The molecule has 0 aliphatic rings. The second-order valence-electron chi connectivity index (χ2n) is 4.62. The number of hydrogen-bond donors (Lipinski definition) is 1. The maximum absolute atomic E-state index is 13.5. The van der Waals surface area contributed by atoms with Gasteiger partial charge >= 0.3 is 0 Å². The molecule has 0 saturated heterocycles. The van der Waals surface area contributed by atoms with Gasteiger partial charge in [0.1, 0.15) is 11.6 Å². The topological polar surface area (TPSA) is 24.9 Å². The zero-order chi connectivity index (χ0) is 12.6. The standard InChI is InChI=1S/C14H17FN2/c1-8(2)11-6-10-5-9(3)12(15)7-13(10)17-14(11)16-4/h5-8H,1-4H3,(H,16,17). The molecular formula is C14H17FN2. The van der Waals surface area contributed by atoms with E-state index < -0.39 is 0 Å². The third-order valence-corrected chi connectivity index (χ3v) is 2.98. The molecule has 0 aliphatic carbocycles. The van der Waals surface area contributed by atoms with Gasteiger partial charge in [-0.25, -0.2) is 9.37 Å². The number of nitrogens with one attached hydrogen (secondary N) is 1. The van der Waals surface area contributed by atoms with Crippen molar-refractivity contribution in [2.45, 2.75) is 26.7 Å². The summed E-state index contributed by atoms with van der Waals surface area (Å²) in [6.07, 6.45) is 0. The Morgan fingerprint density at radius 2 is 1.94 bits per heavy atom. The van der Waals surface area contributed by atoms with Gasteiger partial charge in [-0.1, -0.05) is 13.8 Å². The molecule has 0 unspecified atom stereocenters. The maximum atomic E-state index is 13.5. The summed E-state index contributed by atoms with van der Waals surface area (Å²) in [6.45, 7) is 6.02. The van der Waals surface area contributed by atoms with E-state index in [9.17, 15) is 4.39 Å². The smallest absolute Gasteiger partial charge is 0.129 e. The van der Waals surface area contributed by atoms with Crippen LogP contribution in [-0.2, 0) is 0 Å². The molecule has 2 nitrogen and oxygen atoms in total. The normalized spacial score (nSPS) is 11.2. The molecule has 0 aliphatic heterocycles. The Bertz CT molecular complexity index is 562. The fourth-order valence-electron chi connectivity index (χ4n) is 1.97. The molecule has 0 fully saturated rings. The van der Waals surface area contributed by atoms with Gasteiger partial charge in [-0.3, -0.25) is 0 Å². The SMILES string of the molecule is CNc1nc2cc(F)c(C)cc2cc1C(C)C. The average molecular weight is 232 g/mol. The van der Waals surface area contributed by atoms with E-state index >= 15 is 0 Å². The van der Waals surface area contributed by atoms with Gasteiger partial charge < -0.3 is 5.32 Å². The predicted octanol–water partition coefficient (Wildman–Crippen LogP) is 3.85. The Morgan fingerprint density at radius 1 is 1.24 bits per heavy atom. The number of aryl methyl sites for hydroxylation is 1. The minimum Gasteiger partial charge on any atom is -0.373 e. The van der Waals surface area contributed by atoms with Crippen molar-refractivity contribution in [3.63, 3.8) is 0 Å². The lowest BCUT2D eigenvalue weighted by Crippen LogP contribution is -2.01. The number of rotatable bonds is 2. The third-order valence-electron chi connectivity index (χ3n) is 2.98. The summed E-state index contributed by atoms with van der Waals surface area (Å²) in [4.78, 5) is 4.47. The highest BCUT2D eigenvalue weighted by molar-refractivity contribution is 5.82. The Hall–Kier alpha value is -1.64. The minimum atomic E-state index is -0.204. The van der Waals surface area contributed by atoms with Crippen LogP contribution >= 0.6 is 0 Å². The molecule has 0 atom stereocenters. The molecule has 1 N–H and O–H groups in total. The number of fused-ring (bicyclic) bond motifs is 1. The first-order chi connectivity index (χ1) is 8.02. The van der Waals surface area contributed by atoms with E-state index in [1.54, 1.807) is 6.92 Å². The van der Waals surface area contributed by atoms with Crippen molar-refractivity contribution in [2.24, 2.45) is 0 Å². The van der Waals surface area contributed by atoms with Crippen LogP contribution in [0, 0.1) is 12.7 Å². The number of halogens is 1. The molecule has 3 heteroatoms. The lowest BCUT2D eigenvalue weighted by molar-refractivity contribution is 0.620. The molecule has 0 saturated carbocycles. The largest absolute Gasteiger partial charge is 0.373 e.